The van der Waals surface area contributed by atoms with E-state index in [-0.39, 0.29) is 25.9 Å². The van der Waals surface area contributed by atoms with Crippen LogP contribution in [-0.2, 0) is 4.74 Å². The van der Waals surface area contributed by atoms with E-state index in [0.717, 1.165) is 12.0 Å². The molecule has 5 heteroatoms. The minimum absolute atomic E-state index is 0.00910. The summed E-state index contributed by atoms with van der Waals surface area (Å²) in [6.07, 6.45) is 0.180. The molecule has 2 atom stereocenters. The van der Waals surface area contributed by atoms with E-state index in [1.54, 1.807) is 0 Å². The van der Waals surface area contributed by atoms with Gasteiger partial charge in [-0.05, 0) is 12.0 Å². The Balaban J connectivity index is 2.41. The molecule has 0 saturated heterocycles. The summed E-state index contributed by atoms with van der Waals surface area (Å²) < 4.78 is 5.79. The number of rotatable bonds is 11. The highest BCUT2D eigenvalue weighted by Gasteiger charge is 2.15. The maximum atomic E-state index is 10.0. The molecule has 5 nitrogen and oxygen atoms in total. The first-order valence-corrected chi connectivity index (χ1v) is 7.49. The summed E-state index contributed by atoms with van der Waals surface area (Å²) in [5.74, 6) is 0. The Hall–Kier alpha value is -0.980. The fourth-order valence-corrected chi connectivity index (χ4v) is 2.27. The normalized spacial score (nSPS) is 14.3. The molecule has 0 spiro atoms. The zero-order valence-corrected chi connectivity index (χ0v) is 12.7. The Morgan fingerprint density at radius 3 is 2.24 bits per heavy atom. The first-order valence-electron chi connectivity index (χ1n) is 7.49. The van der Waals surface area contributed by atoms with Crippen molar-refractivity contribution in [2.45, 2.75) is 25.6 Å². The molecule has 0 aliphatic heterocycles. The van der Waals surface area contributed by atoms with E-state index in [1.165, 1.54) is 0 Å². The fourth-order valence-electron chi connectivity index (χ4n) is 2.27. The lowest BCUT2D eigenvalue weighted by Gasteiger charge is -2.25. The summed E-state index contributed by atoms with van der Waals surface area (Å²) in [5.41, 5.74) is 1.11. The van der Waals surface area contributed by atoms with Gasteiger partial charge in [0.25, 0.3) is 0 Å². The van der Waals surface area contributed by atoms with Crippen molar-refractivity contribution < 1.29 is 20.1 Å². The van der Waals surface area contributed by atoms with Gasteiger partial charge in [-0.15, -0.1) is 0 Å². The Morgan fingerprint density at radius 2 is 1.71 bits per heavy atom. The standard InChI is InChI=1S/C16H27NO4/c1-2-16(14-6-4-3-5-7-14)21-13-15(20)12-17(8-10-18)9-11-19/h3-7,15-16,18-20H,2,8-13H2,1H3. The fraction of sp³-hybridized carbons (Fsp3) is 0.625. The van der Waals surface area contributed by atoms with E-state index in [1.807, 2.05) is 42.2 Å². The molecule has 0 bridgehead atoms. The second-order valence-corrected chi connectivity index (χ2v) is 5.04. The molecule has 0 aliphatic rings. The van der Waals surface area contributed by atoms with Crippen LogP contribution in [0.1, 0.15) is 25.0 Å². The number of benzene rings is 1. The van der Waals surface area contributed by atoms with Crippen LogP contribution in [0.25, 0.3) is 0 Å². The number of aliphatic hydroxyl groups excluding tert-OH is 3. The van der Waals surface area contributed by atoms with E-state index in [0.29, 0.717) is 19.6 Å². The van der Waals surface area contributed by atoms with E-state index in [4.69, 9.17) is 14.9 Å². The summed E-state index contributed by atoms with van der Waals surface area (Å²) in [4.78, 5) is 1.82. The van der Waals surface area contributed by atoms with Gasteiger partial charge in [0.15, 0.2) is 0 Å². The summed E-state index contributed by atoms with van der Waals surface area (Å²) in [6, 6.07) is 9.95. The molecule has 1 rings (SSSR count). The molecule has 1 aromatic rings. The monoisotopic (exact) mass is 297 g/mol. The van der Waals surface area contributed by atoms with Crippen LogP contribution >= 0.6 is 0 Å². The molecule has 2 unspecified atom stereocenters. The lowest BCUT2D eigenvalue weighted by atomic mass is 10.1. The highest BCUT2D eigenvalue weighted by molar-refractivity contribution is 5.17. The van der Waals surface area contributed by atoms with Crippen molar-refractivity contribution >= 4 is 0 Å². The molecule has 0 fully saturated rings. The Kier molecular flexibility index (Phi) is 9.21. The molecular formula is C16H27NO4. The van der Waals surface area contributed by atoms with E-state index >= 15 is 0 Å². The van der Waals surface area contributed by atoms with Crippen LogP contribution in [0.2, 0.25) is 0 Å². The molecular weight excluding hydrogens is 270 g/mol. The van der Waals surface area contributed by atoms with Crippen LogP contribution in [0, 0.1) is 0 Å². The number of hydrogen-bond donors (Lipinski definition) is 3. The first-order chi connectivity index (χ1) is 10.2. The average Bonchev–Trinajstić information content (AvgIpc) is 2.49. The van der Waals surface area contributed by atoms with Crippen molar-refractivity contribution in [3.05, 3.63) is 35.9 Å². The van der Waals surface area contributed by atoms with Crippen molar-refractivity contribution in [3.63, 3.8) is 0 Å². The summed E-state index contributed by atoms with van der Waals surface area (Å²) in [7, 11) is 0. The van der Waals surface area contributed by atoms with Gasteiger partial charge in [0.1, 0.15) is 0 Å². The van der Waals surface area contributed by atoms with Gasteiger partial charge in [-0.1, -0.05) is 37.3 Å². The Morgan fingerprint density at radius 1 is 1.10 bits per heavy atom. The van der Waals surface area contributed by atoms with Crippen LogP contribution in [0.3, 0.4) is 0 Å². The summed E-state index contributed by atoms with van der Waals surface area (Å²) >= 11 is 0. The molecule has 21 heavy (non-hydrogen) atoms. The molecule has 0 radical (unpaired) electrons. The third kappa shape index (κ3) is 7.02. The number of hydrogen-bond acceptors (Lipinski definition) is 5. The van der Waals surface area contributed by atoms with Gasteiger partial charge < -0.3 is 20.1 Å². The van der Waals surface area contributed by atoms with Crippen LogP contribution in [-0.4, -0.2) is 65.8 Å². The molecule has 0 aromatic heterocycles. The minimum atomic E-state index is -0.638. The summed E-state index contributed by atoms with van der Waals surface area (Å²) in [6.45, 7) is 3.56. The molecule has 0 aliphatic carbocycles. The Labute approximate surface area is 126 Å². The van der Waals surface area contributed by atoms with Gasteiger partial charge in [0.05, 0.1) is 32.0 Å². The predicted octanol–water partition coefficient (Wildman–Crippen LogP) is 0.802. The SMILES string of the molecule is CCC(OCC(O)CN(CCO)CCO)c1ccccc1. The van der Waals surface area contributed by atoms with E-state index < -0.39 is 6.10 Å². The van der Waals surface area contributed by atoms with Gasteiger partial charge in [-0.3, -0.25) is 4.90 Å². The van der Waals surface area contributed by atoms with Crippen LogP contribution in [0.5, 0.6) is 0 Å². The largest absolute Gasteiger partial charge is 0.395 e. The third-order valence-corrected chi connectivity index (χ3v) is 3.33. The van der Waals surface area contributed by atoms with Crippen molar-refractivity contribution in [2.24, 2.45) is 0 Å². The number of aliphatic hydroxyl groups is 3. The lowest BCUT2D eigenvalue weighted by Crippen LogP contribution is -2.38. The van der Waals surface area contributed by atoms with Gasteiger partial charge >= 0.3 is 0 Å². The van der Waals surface area contributed by atoms with Crippen molar-refractivity contribution in [1.29, 1.82) is 0 Å². The highest BCUT2D eigenvalue weighted by atomic mass is 16.5. The predicted molar refractivity (Wildman–Crippen MR) is 82.0 cm³/mol. The van der Waals surface area contributed by atoms with Crippen molar-refractivity contribution in [1.82, 2.24) is 4.90 Å². The second-order valence-electron chi connectivity index (χ2n) is 5.04. The zero-order valence-electron chi connectivity index (χ0n) is 12.7. The molecule has 0 saturated carbocycles. The maximum absolute atomic E-state index is 10.0. The van der Waals surface area contributed by atoms with E-state index in [9.17, 15) is 5.11 Å². The smallest absolute Gasteiger partial charge is 0.0900 e. The third-order valence-electron chi connectivity index (χ3n) is 3.33. The highest BCUT2D eigenvalue weighted by Crippen LogP contribution is 2.20. The lowest BCUT2D eigenvalue weighted by molar-refractivity contribution is -0.0260. The maximum Gasteiger partial charge on any atom is 0.0900 e. The van der Waals surface area contributed by atoms with Gasteiger partial charge in [-0.25, -0.2) is 0 Å². The summed E-state index contributed by atoms with van der Waals surface area (Å²) in [5, 5.41) is 27.9. The van der Waals surface area contributed by atoms with Gasteiger partial charge in [0.2, 0.25) is 0 Å². The average molecular weight is 297 g/mol. The van der Waals surface area contributed by atoms with Crippen molar-refractivity contribution in [3.8, 4) is 0 Å². The molecule has 0 amide bonds. The quantitative estimate of drug-likeness (QED) is 0.563. The van der Waals surface area contributed by atoms with Crippen LogP contribution in [0.15, 0.2) is 30.3 Å². The molecule has 3 N–H and O–H groups in total. The minimum Gasteiger partial charge on any atom is -0.395 e. The second kappa shape index (κ2) is 10.7. The van der Waals surface area contributed by atoms with Crippen molar-refractivity contribution in [2.75, 3.05) is 39.5 Å². The zero-order chi connectivity index (χ0) is 15.5. The number of nitrogens with zero attached hydrogens (tertiary/aromatic N) is 1. The Bertz CT molecular complexity index is 355. The van der Waals surface area contributed by atoms with Gasteiger partial charge in [-0.2, -0.15) is 0 Å². The van der Waals surface area contributed by atoms with E-state index in [2.05, 4.69) is 0 Å². The molecule has 1 aromatic carbocycles. The van der Waals surface area contributed by atoms with Crippen LogP contribution in [0.4, 0.5) is 0 Å². The molecule has 0 heterocycles. The van der Waals surface area contributed by atoms with Crippen LogP contribution < -0.4 is 0 Å². The van der Waals surface area contributed by atoms with Gasteiger partial charge in [0, 0.05) is 19.6 Å². The first kappa shape index (κ1) is 18.1. The molecule has 120 valence electrons. The number of ether oxygens (including phenoxy) is 1. The topological polar surface area (TPSA) is 73.2 Å².